The number of hydrogen-bond acceptors (Lipinski definition) is 2. The first-order valence-electron chi connectivity index (χ1n) is 9.06. The van der Waals surface area contributed by atoms with E-state index in [0.29, 0.717) is 0 Å². The molecule has 2 nitrogen and oxygen atoms in total. The average molecular weight is 417 g/mol. The summed E-state index contributed by atoms with van der Waals surface area (Å²) >= 11 is 3.63. The number of hydrogen-bond donors (Lipinski definition) is 0. The van der Waals surface area contributed by atoms with Gasteiger partial charge in [-0.25, -0.2) is 9.97 Å². The molecular weight excluding hydrogens is 396 g/mol. The lowest BCUT2D eigenvalue weighted by Gasteiger charge is -2.10. The van der Waals surface area contributed by atoms with Gasteiger partial charge in [0.1, 0.15) is 0 Å². The zero-order chi connectivity index (χ0) is 19.1. The Kier molecular flexibility index (Phi) is 6.50. The van der Waals surface area contributed by atoms with Crippen LogP contribution in [0.25, 0.3) is 33.9 Å². The second-order valence-corrected chi connectivity index (χ2v) is 6.53. The molecule has 0 atom stereocenters. The lowest BCUT2D eigenvalue weighted by Crippen LogP contribution is -1.96. The normalized spacial score (nSPS) is 10.0. The standard InChI is InChI=1S/C22H15BrN2.C2H6/c23-19-14-8-7-13-18(19)21-15-20(16-9-3-1-4-10-16)24-22(25-21)17-11-5-2-6-12-17;1-2/h1-15H;1-2H3. The predicted octanol–water partition coefficient (Wildman–Crippen LogP) is 7.27. The van der Waals surface area contributed by atoms with Crippen LogP contribution in [0.4, 0.5) is 0 Å². The van der Waals surface area contributed by atoms with Gasteiger partial charge in [-0.3, -0.25) is 0 Å². The maximum atomic E-state index is 4.82. The molecule has 0 N–H and O–H groups in total. The van der Waals surface area contributed by atoms with Crippen LogP contribution in [-0.2, 0) is 0 Å². The van der Waals surface area contributed by atoms with Crippen LogP contribution in [0.1, 0.15) is 13.8 Å². The van der Waals surface area contributed by atoms with Crippen molar-refractivity contribution in [3.05, 3.63) is 95.5 Å². The Morgan fingerprint density at radius 1 is 0.593 bits per heavy atom. The van der Waals surface area contributed by atoms with Crippen molar-refractivity contribution in [1.29, 1.82) is 0 Å². The van der Waals surface area contributed by atoms with E-state index in [0.717, 1.165) is 38.4 Å². The Balaban J connectivity index is 0.00000102. The van der Waals surface area contributed by atoms with Crippen LogP contribution >= 0.6 is 15.9 Å². The minimum absolute atomic E-state index is 0.729. The first-order chi connectivity index (χ1) is 13.3. The van der Waals surface area contributed by atoms with E-state index in [2.05, 4.69) is 34.1 Å². The number of rotatable bonds is 3. The van der Waals surface area contributed by atoms with Crippen LogP contribution in [-0.4, -0.2) is 9.97 Å². The van der Waals surface area contributed by atoms with Gasteiger partial charge in [-0.1, -0.05) is 109 Å². The van der Waals surface area contributed by atoms with Crippen LogP contribution in [0.5, 0.6) is 0 Å². The van der Waals surface area contributed by atoms with Gasteiger partial charge < -0.3 is 0 Å². The molecule has 0 bridgehead atoms. The molecule has 0 spiro atoms. The molecule has 134 valence electrons. The highest BCUT2D eigenvalue weighted by Crippen LogP contribution is 2.31. The van der Waals surface area contributed by atoms with Gasteiger partial charge in [0.15, 0.2) is 5.82 Å². The molecule has 0 aliphatic heterocycles. The van der Waals surface area contributed by atoms with E-state index >= 15 is 0 Å². The van der Waals surface area contributed by atoms with E-state index in [1.807, 2.05) is 86.6 Å². The largest absolute Gasteiger partial charge is 0.228 e. The van der Waals surface area contributed by atoms with Gasteiger partial charge in [-0.15, -0.1) is 0 Å². The first kappa shape index (κ1) is 19.0. The van der Waals surface area contributed by atoms with Crippen molar-refractivity contribution in [1.82, 2.24) is 9.97 Å². The molecule has 1 aromatic heterocycles. The predicted molar refractivity (Wildman–Crippen MR) is 117 cm³/mol. The molecule has 0 radical (unpaired) electrons. The number of nitrogens with zero attached hydrogens (tertiary/aromatic N) is 2. The third-order valence-electron chi connectivity index (χ3n) is 3.98. The van der Waals surface area contributed by atoms with E-state index < -0.39 is 0 Å². The molecule has 3 heteroatoms. The van der Waals surface area contributed by atoms with Crippen molar-refractivity contribution in [2.75, 3.05) is 0 Å². The maximum absolute atomic E-state index is 4.82. The quantitative estimate of drug-likeness (QED) is 0.350. The van der Waals surface area contributed by atoms with Crippen LogP contribution < -0.4 is 0 Å². The van der Waals surface area contributed by atoms with E-state index in [1.165, 1.54) is 0 Å². The van der Waals surface area contributed by atoms with Gasteiger partial charge in [0, 0.05) is 21.2 Å². The summed E-state index contributed by atoms with van der Waals surface area (Å²) < 4.78 is 1.02. The Morgan fingerprint density at radius 2 is 1.11 bits per heavy atom. The monoisotopic (exact) mass is 416 g/mol. The Hall–Kier alpha value is -2.78. The van der Waals surface area contributed by atoms with Gasteiger partial charge >= 0.3 is 0 Å². The summed E-state index contributed by atoms with van der Waals surface area (Å²) in [7, 11) is 0. The molecule has 0 aliphatic rings. The topological polar surface area (TPSA) is 25.8 Å². The molecule has 4 aromatic rings. The van der Waals surface area contributed by atoms with E-state index in [9.17, 15) is 0 Å². The lowest BCUT2D eigenvalue weighted by atomic mass is 10.1. The van der Waals surface area contributed by atoms with Gasteiger partial charge in [-0.05, 0) is 12.1 Å². The third-order valence-corrected chi connectivity index (χ3v) is 4.67. The van der Waals surface area contributed by atoms with Gasteiger partial charge in [0.2, 0.25) is 0 Å². The zero-order valence-corrected chi connectivity index (χ0v) is 17.0. The van der Waals surface area contributed by atoms with Crippen molar-refractivity contribution < 1.29 is 0 Å². The molecule has 0 aliphatic carbocycles. The molecule has 3 aromatic carbocycles. The fourth-order valence-electron chi connectivity index (χ4n) is 2.73. The summed E-state index contributed by atoms with van der Waals surface area (Å²) in [6, 6.07) is 30.4. The molecule has 4 rings (SSSR count). The summed E-state index contributed by atoms with van der Waals surface area (Å²) in [6.45, 7) is 4.00. The number of benzene rings is 3. The summed E-state index contributed by atoms with van der Waals surface area (Å²) in [5.41, 5.74) is 4.96. The van der Waals surface area contributed by atoms with Crippen LogP contribution in [0.15, 0.2) is 95.5 Å². The SMILES string of the molecule is Brc1ccccc1-c1cc(-c2ccccc2)nc(-c2ccccc2)n1.CC. The Bertz CT molecular complexity index is 941. The molecule has 1 heterocycles. The number of aromatic nitrogens is 2. The van der Waals surface area contributed by atoms with Crippen molar-refractivity contribution in [3.8, 4) is 33.9 Å². The molecule has 0 amide bonds. The fourth-order valence-corrected chi connectivity index (χ4v) is 3.22. The van der Waals surface area contributed by atoms with Crippen molar-refractivity contribution >= 4 is 15.9 Å². The summed E-state index contributed by atoms with van der Waals surface area (Å²) in [6.07, 6.45) is 0. The second-order valence-electron chi connectivity index (χ2n) is 5.67. The van der Waals surface area contributed by atoms with Crippen molar-refractivity contribution in [2.45, 2.75) is 13.8 Å². The first-order valence-corrected chi connectivity index (χ1v) is 9.85. The highest BCUT2D eigenvalue weighted by molar-refractivity contribution is 9.10. The van der Waals surface area contributed by atoms with Gasteiger partial charge in [0.25, 0.3) is 0 Å². The van der Waals surface area contributed by atoms with Gasteiger partial charge in [0.05, 0.1) is 11.4 Å². The average Bonchev–Trinajstić information content (AvgIpc) is 2.76. The van der Waals surface area contributed by atoms with Crippen molar-refractivity contribution in [2.24, 2.45) is 0 Å². The lowest BCUT2D eigenvalue weighted by molar-refractivity contribution is 1.18. The van der Waals surface area contributed by atoms with Crippen molar-refractivity contribution in [3.63, 3.8) is 0 Å². The molecule has 0 fully saturated rings. The van der Waals surface area contributed by atoms with Gasteiger partial charge in [-0.2, -0.15) is 0 Å². The maximum Gasteiger partial charge on any atom is 0.160 e. The van der Waals surface area contributed by atoms with Crippen LogP contribution in [0.3, 0.4) is 0 Å². The Labute approximate surface area is 169 Å². The van der Waals surface area contributed by atoms with E-state index in [-0.39, 0.29) is 0 Å². The van der Waals surface area contributed by atoms with E-state index in [1.54, 1.807) is 0 Å². The minimum Gasteiger partial charge on any atom is -0.228 e. The third kappa shape index (κ3) is 4.50. The molecule has 0 unspecified atom stereocenters. The molecule has 27 heavy (non-hydrogen) atoms. The number of halogens is 1. The molecular formula is C24H21BrN2. The minimum atomic E-state index is 0.729. The van der Waals surface area contributed by atoms with E-state index in [4.69, 9.17) is 9.97 Å². The smallest absolute Gasteiger partial charge is 0.160 e. The van der Waals surface area contributed by atoms with Crippen LogP contribution in [0, 0.1) is 0 Å². The highest BCUT2D eigenvalue weighted by Gasteiger charge is 2.11. The second kappa shape index (κ2) is 9.24. The molecule has 0 saturated heterocycles. The van der Waals surface area contributed by atoms with Crippen LogP contribution in [0.2, 0.25) is 0 Å². The summed E-state index contributed by atoms with van der Waals surface area (Å²) in [5.74, 6) is 0.729. The fraction of sp³-hybridized carbons (Fsp3) is 0.0833. The highest BCUT2D eigenvalue weighted by atomic mass is 79.9. The summed E-state index contributed by atoms with van der Waals surface area (Å²) in [4.78, 5) is 9.62. The summed E-state index contributed by atoms with van der Waals surface area (Å²) in [5, 5.41) is 0. The molecule has 0 saturated carbocycles. The zero-order valence-electron chi connectivity index (χ0n) is 15.4. The Morgan fingerprint density at radius 3 is 1.74 bits per heavy atom.